The Balaban J connectivity index is 1.79. The van der Waals surface area contributed by atoms with Crippen molar-refractivity contribution in [1.82, 2.24) is 10.6 Å². The van der Waals surface area contributed by atoms with E-state index in [1.807, 2.05) is 21.6 Å². The molecule has 11 heteroatoms. The van der Waals surface area contributed by atoms with Crippen LogP contribution < -0.4 is 43.0 Å². The number of rotatable bonds is 19. The lowest BCUT2D eigenvalue weighted by Gasteiger charge is -2.20. The molecule has 0 fully saturated rings. The fourth-order valence-electron chi connectivity index (χ4n) is 3.63. The zero-order valence-corrected chi connectivity index (χ0v) is 22.4. The molecule has 0 aromatic heterocycles. The Morgan fingerprint density at radius 3 is 2.06 bits per heavy atom. The first kappa shape index (κ1) is 30.0. The third kappa shape index (κ3) is 12.1. The van der Waals surface area contributed by atoms with Crippen LogP contribution in [0.2, 0.25) is 0 Å². The van der Waals surface area contributed by atoms with Gasteiger partial charge in [-0.1, -0.05) is 34.4 Å². The first-order chi connectivity index (χ1) is 17.0. The molecule has 1 aliphatic heterocycles. The largest absolute Gasteiger partial charge is 0.488 e. The summed E-state index contributed by atoms with van der Waals surface area (Å²) in [7, 11) is 3.69. The zero-order valence-electron chi connectivity index (χ0n) is 20.8. The van der Waals surface area contributed by atoms with Gasteiger partial charge in [0.2, 0.25) is 5.91 Å². The quantitative estimate of drug-likeness (QED) is 0.114. The van der Waals surface area contributed by atoms with Crippen molar-refractivity contribution in [3.8, 4) is 11.5 Å². The summed E-state index contributed by atoms with van der Waals surface area (Å²) in [5.41, 5.74) is 25.7. The van der Waals surface area contributed by atoms with E-state index in [-0.39, 0.29) is 11.9 Å². The molecular formula is C24H44N6O3S2. The van der Waals surface area contributed by atoms with E-state index in [0.29, 0.717) is 51.6 Å². The topological polar surface area (TPSA) is 164 Å². The molecule has 0 saturated heterocycles. The number of nitrogens with one attached hydrogen (secondary N) is 2. The van der Waals surface area contributed by atoms with Crippen molar-refractivity contribution in [2.45, 2.75) is 62.1 Å². The number of nitrogens with two attached hydrogens (primary N) is 4. The van der Waals surface area contributed by atoms with Gasteiger partial charge in [-0.05, 0) is 62.0 Å². The number of benzene rings is 1. The second-order valence-corrected chi connectivity index (χ2v) is 11.2. The molecule has 1 aromatic rings. The molecule has 35 heavy (non-hydrogen) atoms. The highest BCUT2D eigenvalue weighted by atomic mass is 33.1. The Labute approximate surface area is 217 Å². The second kappa shape index (κ2) is 18.1. The van der Waals surface area contributed by atoms with Crippen molar-refractivity contribution in [1.29, 1.82) is 0 Å². The Hall–Kier alpha value is -1.21. The molecule has 0 aliphatic carbocycles. The lowest BCUT2D eigenvalue weighted by Crippen LogP contribution is -2.42. The highest BCUT2D eigenvalue weighted by molar-refractivity contribution is 8.76. The highest BCUT2D eigenvalue weighted by Gasteiger charge is 2.17. The molecular weight excluding hydrogens is 484 g/mol. The van der Waals surface area contributed by atoms with E-state index in [4.69, 9.17) is 32.4 Å². The van der Waals surface area contributed by atoms with Gasteiger partial charge in [-0.2, -0.15) is 0 Å². The van der Waals surface area contributed by atoms with Crippen LogP contribution >= 0.6 is 21.6 Å². The summed E-state index contributed by atoms with van der Waals surface area (Å²) in [6.45, 7) is 4.02. The number of fused-ring (bicyclic) bond motifs is 1. The lowest BCUT2D eigenvalue weighted by molar-refractivity contribution is -0.122. The maximum absolute atomic E-state index is 12.2. The summed E-state index contributed by atoms with van der Waals surface area (Å²) >= 11 is 0. The predicted octanol–water partition coefficient (Wildman–Crippen LogP) is 1.46. The minimum absolute atomic E-state index is 0.128. The maximum Gasteiger partial charge on any atom is 0.237 e. The van der Waals surface area contributed by atoms with E-state index in [1.54, 1.807) is 0 Å². The third-order valence-corrected chi connectivity index (χ3v) is 7.95. The Morgan fingerprint density at radius 2 is 1.46 bits per heavy atom. The molecule has 2 rings (SSSR count). The minimum Gasteiger partial charge on any atom is -0.488 e. The second-order valence-electron chi connectivity index (χ2n) is 8.72. The summed E-state index contributed by atoms with van der Waals surface area (Å²) in [5, 5.41) is 6.21. The van der Waals surface area contributed by atoms with Gasteiger partial charge in [0.05, 0.1) is 12.6 Å². The summed E-state index contributed by atoms with van der Waals surface area (Å²) in [6.07, 6.45) is 5.40. The molecule has 0 saturated carbocycles. The van der Waals surface area contributed by atoms with Crippen LogP contribution in [0.3, 0.4) is 0 Å². The van der Waals surface area contributed by atoms with Crippen molar-refractivity contribution < 1.29 is 14.3 Å². The van der Waals surface area contributed by atoms with E-state index in [0.717, 1.165) is 55.9 Å². The van der Waals surface area contributed by atoms with Crippen LogP contribution in [0.5, 0.6) is 11.5 Å². The first-order valence-electron chi connectivity index (χ1n) is 12.6. The number of carbonyl (C=O) groups is 1. The van der Waals surface area contributed by atoms with E-state index < -0.39 is 6.04 Å². The molecule has 0 bridgehead atoms. The monoisotopic (exact) mass is 528 g/mol. The van der Waals surface area contributed by atoms with Gasteiger partial charge in [0.25, 0.3) is 0 Å². The molecule has 2 atom stereocenters. The van der Waals surface area contributed by atoms with Gasteiger partial charge in [-0.15, -0.1) is 0 Å². The van der Waals surface area contributed by atoms with Crippen LogP contribution in [-0.2, 0) is 16.3 Å². The van der Waals surface area contributed by atoms with Crippen LogP contribution in [0.1, 0.15) is 49.7 Å². The van der Waals surface area contributed by atoms with Gasteiger partial charge >= 0.3 is 0 Å². The zero-order chi connectivity index (χ0) is 25.3. The highest BCUT2D eigenvalue weighted by Crippen LogP contribution is 2.41. The number of hydrogen-bond donors (Lipinski definition) is 6. The molecule has 0 spiro atoms. The Bertz CT molecular complexity index is 743. The average molecular weight is 529 g/mol. The van der Waals surface area contributed by atoms with Gasteiger partial charge < -0.3 is 43.0 Å². The van der Waals surface area contributed by atoms with E-state index >= 15 is 0 Å². The molecule has 0 unspecified atom stereocenters. The lowest BCUT2D eigenvalue weighted by atomic mass is 10.1. The molecule has 9 nitrogen and oxygen atoms in total. The number of amides is 1. The summed E-state index contributed by atoms with van der Waals surface area (Å²) in [4.78, 5) is 12.2. The Morgan fingerprint density at radius 1 is 0.886 bits per heavy atom. The van der Waals surface area contributed by atoms with Crippen molar-refractivity contribution in [3.05, 3.63) is 23.3 Å². The van der Waals surface area contributed by atoms with Crippen molar-refractivity contribution in [2.75, 3.05) is 45.9 Å². The molecule has 200 valence electrons. The number of hydrogen-bond acceptors (Lipinski definition) is 10. The third-order valence-electron chi connectivity index (χ3n) is 5.71. The van der Waals surface area contributed by atoms with Crippen molar-refractivity contribution in [2.24, 2.45) is 22.9 Å². The fraction of sp³-hybridized carbons (Fsp3) is 0.708. The summed E-state index contributed by atoms with van der Waals surface area (Å²) < 4.78 is 12.1. The van der Waals surface area contributed by atoms with Gasteiger partial charge in [0.15, 0.2) is 11.5 Å². The van der Waals surface area contributed by atoms with E-state index in [9.17, 15) is 4.79 Å². The average Bonchev–Trinajstić information content (AvgIpc) is 2.86. The number of ether oxygens (including phenoxy) is 2. The van der Waals surface area contributed by atoms with Crippen LogP contribution in [0, 0.1) is 0 Å². The SMILES string of the molecule is NCCCC[C@H](N)CNCCOc1cc2c(cc1OCCNC(=O)[C@@H](N)CCCCN)CSSC2. The summed E-state index contributed by atoms with van der Waals surface area (Å²) in [6, 6.07) is 3.77. The molecule has 0 radical (unpaired) electrons. The standard InChI is InChI=1S/C24H44N6O3S2/c25-7-3-1-5-20(27)15-29-9-11-32-22-13-18-16-34-35-17-19(18)14-23(22)33-12-10-30-24(31)21(28)6-2-4-8-26/h13-14,20-21,29H,1-12,15-17,25-28H2,(H,30,31)/t20-,21-/m0/s1. The molecule has 1 amide bonds. The maximum atomic E-state index is 12.2. The normalized spacial score (nSPS) is 14.7. The Kier molecular flexibility index (Phi) is 15.5. The van der Waals surface area contributed by atoms with Gasteiger partial charge in [0, 0.05) is 30.6 Å². The molecule has 1 aromatic carbocycles. The smallest absolute Gasteiger partial charge is 0.237 e. The van der Waals surface area contributed by atoms with E-state index in [1.165, 1.54) is 11.1 Å². The molecule has 1 heterocycles. The van der Waals surface area contributed by atoms with Gasteiger partial charge in [-0.25, -0.2) is 0 Å². The summed E-state index contributed by atoms with van der Waals surface area (Å²) in [5.74, 6) is 3.17. The van der Waals surface area contributed by atoms with Gasteiger partial charge in [0.1, 0.15) is 13.2 Å². The van der Waals surface area contributed by atoms with E-state index in [2.05, 4.69) is 22.8 Å². The van der Waals surface area contributed by atoms with Crippen molar-refractivity contribution in [3.63, 3.8) is 0 Å². The first-order valence-corrected chi connectivity index (χ1v) is 15.1. The molecule has 1 aliphatic rings. The molecule has 10 N–H and O–H groups in total. The van der Waals surface area contributed by atoms with Crippen LogP contribution in [0.4, 0.5) is 0 Å². The number of unbranched alkanes of at least 4 members (excludes halogenated alkanes) is 2. The van der Waals surface area contributed by atoms with Gasteiger partial charge in [-0.3, -0.25) is 4.79 Å². The van der Waals surface area contributed by atoms with Crippen LogP contribution in [0.15, 0.2) is 12.1 Å². The van der Waals surface area contributed by atoms with Crippen LogP contribution in [0.25, 0.3) is 0 Å². The van der Waals surface area contributed by atoms with Crippen LogP contribution in [-0.4, -0.2) is 63.9 Å². The fourth-order valence-corrected chi connectivity index (χ4v) is 5.85. The predicted molar refractivity (Wildman–Crippen MR) is 148 cm³/mol. The number of carbonyl (C=O) groups excluding carboxylic acids is 1. The van der Waals surface area contributed by atoms with Crippen molar-refractivity contribution >= 4 is 27.5 Å². The minimum atomic E-state index is -0.514.